The lowest BCUT2D eigenvalue weighted by Gasteiger charge is -2.17. The van der Waals surface area contributed by atoms with Crippen LogP contribution in [0.5, 0.6) is 0 Å². The highest BCUT2D eigenvalue weighted by Crippen LogP contribution is 2.23. The summed E-state index contributed by atoms with van der Waals surface area (Å²) in [5, 5.41) is 9.16. The molecule has 2 heterocycles. The van der Waals surface area contributed by atoms with Gasteiger partial charge < -0.3 is 4.90 Å². The highest BCUT2D eigenvalue weighted by molar-refractivity contribution is 5.59. The number of rotatable bonds is 2. The van der Waals surface area contributed by atoms with E-state index >= 15 is 0 Å². The van der Waals surface area contributed by atoms with Crippen LogP contribution < -0.4 is 4.90 Å². The number of nitriles is 1. The van der Waals surface area contributed by atoms with E-state index in [4.69, 9.17) is 5.26 Å². The zero-order valence-corrected chi connectivity index (χ0v) is 11.5. The minimum atomic E-state index is 0.428. The lowest BCUT2D eigenvalue weighted by Crippen LogP contribution is -2.19. The Morgan fingerprint density at radius 1 is 1.10 bits per heavy atom. The van der Waals surface area contributed by atoms with Crippen molar-refractivity contribution in [3.63, 3.8) is 0 Å². The van der Waals surface area contributed by atoms with Crippen LogP contribution in [0.3, 0.4) is 0 Å². The van der Waals surface area contributed by atoms with Crippen LogP contribution >= 0.6 is 0 Å². The molecule has 4 heteroatoms. The maximum Gasteiger partial charge on any atom is 0.162 e. The Labute approximate surface area is 118 Å². The van der Waals surface area contributed by atoms with Crippen molar-refractivity contribution in [2.75, 3.05) is 18.0 Å². The molecule has 1 aromatic carbocycles. The summed E-state index contributed by atoms with van der Waals surface area (Å²) < 4.78 is 0. The summed E-state index contributed by atoms with van der Waals surface area (Å²) in [6.07, 6.45) is 2.37. The van der Waals surface area contributed by atoms with Crippen molar-refractivity contribution in [2.45, 2.75) is 19.8 Å². The van der Waals surface area contributed by atoms with E-state index in [1.54, 1.807) is 6.07 Å². The van der Waals surface area contributed by atoms with Crippen molar-refractivity contribution in [1.29, 1.82) is 5.26 Å². The van der Waals surface area contributed by atoms with Gasteiger partial charge in [-0.3, -0.25) is 0 Å². The first kappa shape index (κ1) is 12.6. The maximum absolute atomic E-state index is 9.16. The van der Waals surface area contributed by atoms with Crippen LogP contribution in [0.4, 0.5) is 5.82 Å². The first-order valence-electron chi connectivity index (χ1n) is 6.87. The van der Waals surface area contributed by atoms with Gasteiger partial charge in [0.25, 0.3) is 0 Å². The fourth-order valence-electron chi connectivity index (χ4n) is 2.43. The monoisotopic (exact) mass is 264 g/mol. The van der Waals surface area contributed by atoms with Crippen LogP contribution in [0.25, 0.3) is 11.4 Å². The van der Waals surface area contributed by atoms with E-state index in [0.717, 1.165) is 24.5 Å². The summed E-state index contributed by atoms with van der Waals surface area (Å²) >= 11 is 0. The van der Waals surface area contributed by atoms with Gasteiger partial charge in [-0.15, -0.1) is 0 Å². The van der Waals surface area contributed by atoms with Gasteiger partial charge in [0.15, 0.2) is 5.82 Å². The van der Waals surface area contributed by atoms with Gasteiger partial charge in [0.1, 0.15) is 17.6 Å². The summed E-state index contributed by atoms with van der Waals surface area (Å²) in [6, 6.07) is 12.0. The van der Waals surface area contributed by atoms with E-state index in [1.165, 1.54) is 18.4 Å². The fourth-order valence-corrected chi connectivity index (χ4v) is 2.43. The molecule has 1 aromatic heterocycles. The second kappa shape index (κ2) is 5.30. The molecule has 0 atom stereocenters. The van der Waals surface area contributed by atoms with Crippen LogP contribution in [-0.4, -0.2) is 23.1 Å². The summed E-state index contributed by atoms with van der Waals surface area (Å²) in [5.74, 6) is 1.50. The number of benzene rings is 1. The standard InChI is InChI=1S/C16H16N4/c1-12-4-6-13(7-5-12)16-18-14(11-17)10-15(19-16)20-8-2-3-9-20/h4-7,10H,2-3,8-9H2,1H3. The number of hydrogen-bond donors (Lipinski definition) is 0. The average molecular weight is 264 g/mol. The van der Waals surface area contributed by atoms with Gasteiger partial charge >= 0.3 is 0 Å². The molecule has 0 radical (unpaired) electrons. The topological polar surface area (TPSA) is 52.8 Å². The van der Waals surface area contributed by atoms with E-state index in [9.17, 15) is 0 Å². The van der Waals surface area contributed by atoms with Crippen LogP contribution in [-0.2, 0) is 0 Å². The van der Waals surface area contributed by atoms with E-state index in [0.29, 0.717) is 11.5 Å². The van der Waals surface area contributed by atoms with E-state index in [2.05, 4.69) is 20.9 Å². The summed E-state index contributed by atoms with van der Waals surface area (Å²) in [6.45, 7) is 4.07. The highest BCUT2D eigenvalue weighted by Gasteiger charge is 2.16. The molecule has 0 unspecified atom stereocenters. The van der Waals surface area contributed by atoms with Crippen LogP contribution in [0.2, 0.25) is 0 Å². The second-order valence-corrected chi connectivity index (χ2v) is 5.11. The van der Waals surface area contributed by atoms with E-state index < -0.39 is 0 Å². The predicted molar refractivity (Wildman–Crippen MR) is 78.4 cm³/mol. The smallest absolute Gasteiger partial charge is 0.162 e. The van der Waals surface area contributed by atoms with Gasteiger partial charge in [0.05, 0.1) is 0 Å². The van der Waals surface area contributed by atoms with Crippen molar-refractivity contribution in [3.8, 4) is 17.5 Å². The molecule has 1 saturated heterocycles. The third-order valence-electron chi connectivity index (χ3n) is 3.57. The fraction of sp³-hybridized carbons (Fsp3) is 0.312. The summed E-state index contributed by atoms with van der Waals surface area (Å²) in [7, 11) is 0. The summed E-state index contributed by atoms with van der Waals surface area (Å²) in [5.41, 5.74) is 2.58. The largest absolute Gasteiger partial charge is 0.356 e. The van der Waals surface area contributed by atoms with Gasteiger partial charge in [0, 0.05) is 24.7 Å². The molecule has 20 heavy (non-hydrogen) atoms. The third-order valence-corrected chi connectivity index (χ3v) is 3.57. The Kier molecular flexibility index (Phi) is 3.34. The summed E-state index contributed by atoms with van der Waals surface area (Å²) in [4.78, 5) is 11.2. The second-order valence-electron chi connectivity index (χ2n) is 5.11. The minimum Gasteiger partial charge on any atom is -0.356 e. The zero-order chi connectivity index (χ0) is 13.9. The molecule has 0 N–H and O–H groups in total. The normalized spacial score (nSPS) is 14.3. The highest BCUT2D eigenvalue weighted by atomic mass is 15.2. The van der Waals surface area contributed by atoms with Crippen LogP contribution in [0.1, 0.15) is 24.1 Å². The van der Waals surface area contributed by atoms with Crippen molar-refractivity contribution in [1.82, 2.24) is 9.97 Å². The van der Waals surface area contributed by atoms with Crippen molar-refractivity contribution in [2.24, 2.45) is 0 Å². The molecule has 2 aromatic rings. The molecule has 100 valence electrons. The molecule has 0 saturated carbocycles. The lowest BCUT2D eigenvalue weighted by molar-refractivity contribution is 0.927. The molecule has 0 spiro atoms. The number of aromatic nitrogens is 2. The SMILES string of the molecule is Cc1ccc(-c2nc(C#N)cc(N3CCCC3)n2)cc1. The Morgan fingerprint density at radius 2 is 1.80 bits per heavy atom. The molecule has 3 rings (SSSR count). The van der Waals surface area contributed by atoms with Crippen LogP contribution in [0, 0.1) is 18.3 Å². The van der Waals surface area contributed by atoms with E-state index in [-0.39, 0.29) is 0 Å². The molecular formula is C16H16N4. The first-order chi connectivity index (χ1) is 9.76. The van der Waals surface area contributed by atoms with E-state index in [1.807, 2.05) is 31.2 Å². The van der Waals surface area contributed by atoms with Gasteiger partial charge in [-0.05, 0) is 19.8 Å². The van der Waals surface area contributed by atoms with Crippen molar-refractivity contribution < 1.29 is 0 Å². The molecule has 0 aliphatic carbocycles. The van der Waals surface area contributed by atoms with Gasteiger partial charge in [-0.25, -0.2) is 9.97 Å². The number of nitrogens with zero attached hydrogens (tertiary/aromatic N) is 4. The number of anilines is 1. The quantitative estimate of drug-likeness (QED) is 0.837. The maximum atomic E-state index is 9.16. The number of aryl methyl sites for hydroxylation is 1. The average Bonchev–Trinajstić information content (AvgIpc) is 3.02. The van der Waals surface area contributed by atoms with Crippen molar-refractivity contribution in [3.05, 3.63) is 41.6 Å². The van der Waals surface area contributed by atoms with Crippen LogP contribution in [0.15, 0.2) is 30.3 Å². The first-order valence-corrected chi connectivity index (χ1v) is 6.87. The predicted octanol–water partition coefficient (Wildman–Crippen LogP) is 2.92. The number of hydrogen-bond acceptors (Lipinski definition) is 4. The Bertz CT molecular complexity index is 649. The molecule has 1 fully saturated rings. The Hall–Kier alpha value is -2.41. The molecule has 1 aliphatic rings. The van der Waals surface area contributed by atoms with Crippen molar-refractivity contribution >= 4 is 5.82 Å². The lowest BCUT2D eigenvalue weighted by atomic mass is 10.1. The molecule has 0 amide bonds. The molecule has 0 bridgehead atoms. The van der Waals surface area contributed by atoms with Gasteiger partial charge in [0.2, 0.25) is 0 Å². The molecule has 1 aliphatic heterocycles. The molecule has 4 nitrogen and oxygen atoms in total. The minimum absolute atomic E-state index is 0.428. The Morgan fingerprint density at radius 3 is 2.45 bits per heavy atom. The Balaban J connectivity index is 2.04. The zero-order valence-electron chi connectivity index (χ0n) is 11.5. The van der Waals surface area contributed by atoms with Gasteiger partial charge in [-0.2, -0.15) is 5.26 Å². The van der Waals surface area contributed by atoms with Gasteiger partial charge in [-0.1, -0.05) is 29.8 Å². The third kappa shape index (κ3) is 2.48. The molecular weight excluding hydrogens is 248 g/mol.